The van der Waals surface area contributed by atoms with E-state index in [4.69, 9.17) is 0 Å². The second kappa shape index (κ2) is 6.81. The van der Waals surface area contributed by atoms with E-state index in [1.807, 2.05) is 24.9 Å². The zero-order chi connectivity index (χ0) is 16.4. The number of amides is 1. The molecule has 1 aromatic carbocycles. The molecule has 1 unspecified atom stereocenters. The summed E-state index contributed by atoms with van der Waals surface area (Å²) in [7, 11) is 1.95. The van der Waals surface area contributed by atoms with Gasteiger partial charge in [-0.05, 0) is 62.2 Å². The SMILES string of the molecule is CNCC1CCN(C(=O)c2cc(-c3ccc(F)cc3)c(C)s2)C1. The number of halogens is 1. The standard InChI is InChI=1S/C18H21FN2OS/c1-12-16(14-3-5-15(19)6-4-14)9-17(23-12)18(22)21-8-7-13(11-21)10-20-2/h3-6,9,13,20H,7-8,10-11H2,1-2H3. The molecule has 1 aliphatic rings. The van der Waals surface area contributed by atoms with Gasteiger partial charge in [-0.3, -0.25) is 4.79 Å². The van der Waals surface area contributed by atoms with Crippen LogP contribution in [0.3, 0.4) is 0 Å². The maximum Gasteiger partial charge on any atom is 0.263 e. The van der Waals surface area contributed by atoms with Crippen LogP contribution in [-0.2, 0) is 0 Å². The Kier molecular flexibility index (Phi) is 4.78. The third-order valence-corrected chi connectivity index (χ3v) is 5.39. The van der Waals surface area contributed by atoms with E-state index in [0.29, 0.717) is 5.92 Å². The van der Waals surface area contributed by atoms with E-state index in [2.05, 4.69) is 5.32 Å². The summed E-state index contributed by atoms with van der Waals surface area (Å²) >= 11 is 1.52. The average Bonchev–Trinajstić information content (AvgIpc) is 3.15. The van der Waals surface area contributed by atoms with E-state index < -0.39 is 0 Å². The first-order valence-electron chi connectivity index (χ1n) is 7.88. The number of carbonyl (C=O) groups excluding carboxylic acids is 1. The largest absolute Gasteiger partial charge is 0.338 e. The summed E-state index contributed by atoms with van der Waals surface area (Å²) in [5, 5.41) is 3.18. The van der Waals surface area contributed by atoms with E-state index in [9.17, 15) is 9.18 Å². The highest BCUT2D eigenvalue weighted by Gasteiger charge is 2.27. The predicted octanol–water partition coefficient (Wildman–Crippen LogP) is 3.54. The normalized spacial score (nSPS) is 17.7. The molecule has 23 heavy (non-hydrogen) atoms. The van der Waals surface area contributed by atoms with Gasteiger partial charge in [0.15, 0.2) is 0 Å². The summed E-state index contributed by atoms with van der Waals surface area (Å²) in [5.41, 5.74) is 1.97. The van der Waals surface area contributed by atoms with Gasteiger partial charge in [-0.25, -0.2) is 4.39 Å². The van der Waals surface area contributed by atoms with Gasteiger partial charge in [0.25, 0.3) is 5.91 Å². The number of aryl methyl sites for hydroxylation is 1. The van der Waals surface area contributed by atoms with Crippen LogP contribution < -0.4 is 5.32 Å². The Morgan fingerprint density at radius 1 is 1.39 bits per heavy atom. The molecule has 0 spiro atoms. The van der Waals surface area contributed by atoms with Gasteiger partial charge in [0.1, 0.15) is 5.82 Å². The first-order chi connectivity index (χ1) is 11.1. The topological polar surface area (TPSA) is 32.3 Å². The highest BCUT2D eigenvalue weighted by molar-refractivity contribution is 7.14. The van der Waals surface area contributed by atoms with Gasteiger partial charge >= 0.3 is 0 Å². The van der Waals surface area contributed by atoms with Gasteiger partial charge < -0.3 is 10.2 Å². The van der Waals surface area contributed by atoms with Crippen molar-refractivity contribution in [1.29, 1.82) is 0 Å². The summed E-state index contributed by atoms with van der Waals surface area (Å²) < 4.78 is 13.1. The summed E-state index contributed by atoms with van der Waals surface area (Å²) in [6, 6.07) is 8.38. The maximum atomic E-state index is 13.1. The summed E-state index contributed by atoms with van der Waals surface area (Å²) in [6.45, 7) is 4.61. The fourth-order valence-corrected chi connectivity index (χ4v) is 4.14. The molecule has 1 N–H and O–H groups in total. The molecule has 2 heterocycles. The maximum absolute atomic E-state index is 13.1. The van der Waals surface area contributed by atoms with Crippen LogP contribution in [-0.4, -0.2) is 37.5 Å². The van der Waals surface area contributed by atoms with Crippen LogP contribution in [0.25, 0.3) is 11.1 Å². The molecule has 1 atom stereocenters. The fraction of sp³-hybridized carbons (Fsp3) is 0.389. The van der Waals surface area contributed by atoms with Gasteiger partial charge in [-0.2, -0.15) is 0 Å². The second-order valence-corrected chi connectivity index (χ2v) is 7.31. The van der Waals surface area contributed by atoms with Crippen molar-refractivity contribution in [3.05, 3.63) is 45.9 Å². The first-order valence-corrected chi connectivity index (χ1v) is 8.70. The zero-order valence-electron chi connectivity index (χ0n) is 13.4. The van der Waals surface area contributed by atoms with Crippen molar-refractivity contribution in [1.82, 2.24) is 10.2 Å². The van der Waals surface area contributed by atoms with Gasteiger partial charge in [0, 0.05) is 18.0 Å². The van der Waals surface area contributed by atoms with Crippen LogP contribution in [0.15, 0.2) is 30.3 Å². The second-order valence-electron chi connectivity index (χ2n) is 6.05. The molecule has 5 heteroatoms. The molecular formula is C18H21FN2OS. The number of hydrogen-bond donors (Lipinski definition) is 1. The van der Waals surface area contributed by atoms with Crippen molar-refractivity contribution in [2.45, 2.75) is 13.3 Å². The number of nitrogens with one attached hydrogen (secondary N) is 1. The number of thiophene rings is 1. The monoisotopic (exact) mass is 332 g/mol. The molecule has 1 amide bonds. The molecule has 122 valence electrons. The molecule has 2 aromatic rings. The van der Waals surface area contributed by atoms with E-state index in [1.54, 1.807) is 12.1 Å². The summed E-state index contributed by atoms with van der Waals surface area (Å²) in [4.78, 5) is 16.5. The number of rotatable bonds is 4. The highest BCUT2D eigenvalue weighted by Crippen LogP contribution is 2.32. The van der Waals surface area contributed by atoms with Crippen LogP contribution in [0.1, 0.15) is 21.0 Å². The third kappa shape index (κ3) is 3.46. The van der Waals surface area contributed by atoms with Crippen molar-refractivity contribution < 1.29 is 9.18 Å². The van der Waals surface area contributed by atoms with E-state index in [0.717, 1.165) is 46.9 Å². The van der Waals surface area contributed by atoms with E-state index in [1.165, 1.54) is 23.5 Å². The highest BCUT2D eigenvalue weighted by atomic mass is 32.1. The van der Waals surface area contributed by atoms with Crippen LogP contribution >= 0.6 is 11.3 Å². The third-order valence-electron chi connectivity index (χ3n) is 4.35. The Labute approximate surface area is 140 Å². The average molecular weight is 332 g/mol. The van der Waals surface area contributed by atoms with Crippen molar-refractivity contribution in [3.63, 3.8) is 0 Å². The summed E-state index contributed by atoms with van der Waals surface area (Å²) in [6.07, 6.45) is 1.06. The van der Waals surface area contributed by atoms with Crippen LogP contribution in [0.5, 0.6) is 0 Å². The number of likely N-dealkylation sites (tertiary alicyclic amines) is 1. The quantitative estimate of drug-likeness (QED) is 0.929. The molecule has 3 nitrogen and oxygen atoms in total. The molecule has 3 rings (SSSR count). The molecule has 1 saturated heterocycles. The molecular weight excluding hydrogens is 311 g/mol. The Balaban J connectivity index is 1.78. The lowest BCUT2D eigenvalue weighted by molar-refractivity contribution is 0.0792. The van der Waals surface area contributed by atoms with Gasteiger partial charge in [-0.1, -0.05) is 12.1 Å². The fourth-order valence-electron chi connectivity index (χ4n) is 3.13. The molecule has 1 aliphatic heterocycles. The van der Waals surface area contributed by atoms with E-state index >= 15 is 0 Å². The molecule has 0 bridgehead atoms. The minimum atomic E-state index is -0.245. The lowest BCUT2D eigenvalue weighted by Gasteiger charge is -2.15. The Hall–Kier alpha value is -1.72. The lowest BCUT2D eigenvalue weighted by atomic mass is 10.1. The number of carbonyl (C=O) groups is 1. The van der Waals surface area contributed by atoms with Gasteiger partial charge in [0.05, 0.1) is 4.88 Å². The van der Waals surface area contributed by atoms with Gasteiger partial charge in [-0.15, -0.1) is 11.3 Å². The Bertz CT molecular complexity index is 696. The minimum Gasteiger partial charge on any atom is -0.338 e. The molecule has 1 fully saturated rings. The predicted molar refractivity (Wildman–Crippen MR) is 92.4 cm³/mol. The van der Waals surface area contributed by atoms with Crippen molar-refractivity contribution in [2.75, 3.05) is 26.7 Å². The van der Waals surface area contributed by atoms with Crippen LogP contribution in [0.2, 0.25) is 0 Å². The zero-order valence-corrected chi connectivity index (χ0v) is 14.3. The lowest BCUT2D eigenvalue weighted by Crippen LogP contribution is -2.29. The molecule has 0 saturated carbocycles. The van der Waals surface area contributed by atoms with E-state index in [-0.39, 0.29) is 11.7 Å². The first kappa shape index (κ1) is 16.1. The van der Waals surface area contributed by atoms with Crippen molar-refractivity contribution in [2.24, 2.45) is 5.92 Å². The number of nitrogens with zero attached hydrogens (tertiary/aromatic N) is 1. The van der Waals surface area contributed by atoms with Crippen molar-refractivity contribution >= 4 is 17.2 Å². The Morgan fingerprint density at radius 3 is 2.83 bits per heavy atom. The van der Waals surface area contributed by atoms with Gasteiger partial charge in [0.2, 0.25) is 0 Å². The Morgan fingerprint density at radius 2 is 2.13 bits per heavy atom. The van der Waals surface area contributed by atoms with Crippen molar-refractivity contribution in [3.8, 4) is 11.1 Å². The number of benzene rings is 1. The minimum absolute atomic E-state index is 0.116. The summed E-state index contributed by atoms with van der Waals surface area (Å²) in [5.74, 6) is 0.414. The van der Waals surface area contributed by atoms with Crippen LogP contribution in [0, 0.1) is 18.7 Å². The molecule has 0 aliphatic carbocycles. The van der Waals surface area contributed by atoms with Crippen LogP contribution in [0.4, 0.5) is 4.39 Å². The smallest absolute Gasteiger partial charge is 0.263 e. The molecule has 0 radical (unpaired) electrons. The molecule has 1 aromatic heterocycles. The number of hydrogen-bond acceptors (Lipinski definition) is 3.